The fraction of sp³-hybridized carbons (Fsp3) is 0.414. The average Bonchev–Trinajstić information content (AvgIpc) is 2.90. The van der Waals surface area contributed by atoms with Crippen LogP contribution in [0.2, 0.25) is 0 Å². The molecular weight excluding hydrogens is 488 g/mol. The molecule has 3 atom stereocenters. The smallest absolute Gasteiger partial charge is 0.264 e. The van der Waals surface area contributed by atoms with Crippen LogP contribution < -0.4 is 10.3 Å². The number of aryl methyl sites for hydroxylation is 1. The Hall–Kier alpha value is -2.62. The van der Waals surface area contributed by atoms with Crippen LogP contribution in [0.25, 0.3) is 0 Å². The molecule has 0 bridgehead atoms. The first-order valence-corrected chi connectivity index (χ1v) is 13.3. The number of pyridine rings is 1. The second-order valence-corrected chi connectivity index (χ2v) is 10.9. The van der Waals surface area contributed by atoms with E-state index in [0.29, 0.717) is 17.7 Å². The van der Waals surface area contributed by atoms with Crippen LogP contribution in [0, 0.1) is 6.92 Å². The molecule has 2 heterocycles. The number of aliphatic hydroxyl groups is 1. The van der Waals surface area contributed by atoms with Crippen LogP contribution in [0.3, 0.4) is 0 Å². The number of methoxy groups -OCH3 is 1. The van der Waals surface area contributed by atoms with Gasteiger partial charge >= 0.3 is 0 Å². The lowest BCUT2D eigenvalue weighted by Crippen LogP contribution is -2.70. The predicted octanol–water partition coefficient (Wildman–Crippen LogP) is 4.34. The number of nitrogens with one attached hydrogen (secondary N) is 1. The van der Waals surface area contributed by atoms with Crippen LogP contribution in [0.4, 0.5) is 0 Å². The van der Waals surface area contributed by atoms with E-state index in [1.165, 1.54) is 12.7 Å². The van der Waals surface area contributed by atoms with Crippen molar-refractivity contribution in [2.75, 3.05) is 20.8 Å². The highest BCUT2D eigenvalue weighted by molar-refractivity contribution is 7.94. The fourth-order valence-electron chi connectivity index (χ4n) is 6.38. The Bertz CT molecular complexity index is 1330. The minimum atomic E-state index is -1.09. The Balaban J connectivity index is 1.63. The summed E-state index contributed by atoms with van der Waals surface area (Å²) >= 11 is 0.880. The van der Waals surface area contributed by atoms with E-state index >= 15 is 0 Å². The number of ether oxygens (including phenoxy) is 1. The SMILES string of the molecule is COOSc1cc2c([nH]c1=O)CC1(c3cc(OC)ccc3C)CCN(Cc3ccccc3)C(C)C1(O)C2. The maximum Gasteiger partial charge on any atom is 0.264 e. The molecule has 0 spiro atoms. The molecule has 1 aliphatic heterocycles. The Morgan fingerprint density at radius 3 is 2.65 bits per heavy atom. The van der Waals surface area contributed by atoms with Crippen molar-refractivity contribution in [1.82, 2.24) is 9.88 Å². The molecule has 1 aliphatic carbocycles. The van der Waals surface area contributed by atoms with Gasteiger partial charge in [0.2, 0.25) is 0 Å². The van der Waals surface area contributed by atoms with Gasteiger partial charge in [-0.25, -0.2) is 4.89 Å². The van der Waals surface area contributed by atoms with Gasteiger partial charge in [0.1, 0.15) is 10.6 Å². The second-order valence-electron chi connectivity index (χ2n) is 10.2. The number of likely N-dealkylation sites (tertiary alicyclic amines) is 1. The van der Waals surface area contributed by atoms with E-state index in [2.05, 4.69) is 65.0 Å². The molecule has 0 radical (unpaired) electrons. The highest BCUT2D eigenvalue weighted by Gasteiger charge is 2.61. The van der Waals surface area contributed by atoms with Gasteiger partial charge in [0.25, 0.3) is 5.56 Å². The van der Waals surface area contributed by atoms with E-state index in [0.717, 1.165) is 59.7 Å². The van der Waals surface area contributed by atoms with Crippen LogP contribution in [0.5, 0.6) is 5.75 Å². The summed E-state index contributed by atoms with van der Waals surface area (Å²) in [6.45, 7) is 5.81. The number of benzene rings is 2. The topological polar surface area (TPSA) is 84.0 Å². The Labute approximate surface area is 221 Å². The highest BCUT2D eigenvalue weighted by atomic mass is 32.2. The number of hydrogen-bond donors (Lipinski definition) is 2. The van der Waals surface area contributed by atoms with Gasteiger partial charge in [-0.15, -0.1) is 0 Å². The zero-order chi connectivity index (χ0) is 26.2. The van der Waals surface area contributed by atoms with E-state index in [9.17, 15) is 9.90 Å². The number of fused-ring (bicyclic) bond motifs is 2. The maximum absolute atomic E-state index is 12.9. The van der Waals surface area contributed by atoms with Crippen molar-refractivity contribution in [3.8, 4) is 5.75 Å². The van der Waals surface area contributed by atoms with Crippen molar-refractivity contribution in [1.29, 1.82) is 0 Å². The molecule has 2 aromatic carbocycles. The zero-order valence-electron chi connectivity index (χ0n) is 21.7. The molecule has 7 nitrogen and oxygen atoms in total. The predicted molar refractivity (Wildman–Crippen MR) is 144 cm³/mol. The standard InChI is InChI=1S/C29H34N2O5S/c1-19-10-11-23(34-3)15-24(19)28-12-13-31(18-21-8-6-5-7-9-21)20(2)29(28,33)16-22-14-26(37-36-35-4)27(32)30-25(22)17-28/h5-11,14-15,20,33H,12-13,16-18H2,1-4H3,(H,30,32). The van der Waals surface area contributed by atoms with E-state index in [-0.39, 0.29) is 11.6 Å². The summed E-state index contributed by atoms with van der Waals surface area (Å²) in [7, 11) is 3.07. The van der Waals surface area contributed by atoms with Crippen molar-refractivity contribution >= 4 is 12.0 Å². The van der Waals surface area contributed by atoms with Crippen LogP contribution >= 0.6 is 12.0 Å². The van der Waals surface area contributed by atoms with Gasteiger partial charge in [0, 0.05) is 36.5 Å². The molecule has 3 unspecified atom stereocenters. The fourth-order valence-corrected chi connectivity index (χ4v) is 6.83. The van der Waals surface area contributed by atoms with E-state index in [1.54, 1.807) is 7.11 Å². The molecular formula is C29H34N2O5S. The quantitative estimate of drug-likeness (QED) is 0.271. The number of hydrogen-bond acceptors (Lipinski definition) is 7. The summed E-state index contributed by atoms with van der Waals surface area (Å²) < 4.78 is 10.6. The van der Waals surface area contributed by atoms with Crippen LogP contribution in [0.1, 0.15) is 41.3 Å². The van der Waals surface area contributed by atoms with Crippen molar-refractivity contribution in [2.45, 2.75) is 61.6 Å². The number of aromatic amines is 1. The first kappa shape index (κ1) is 26.0. The number of piperidine rings is 1. The Morgan fingerprint density at radius 1 is 1.14 bits per heavy atom. The molecule has 0 amide bonds. The molecule has 1 aromatic heterocycles. The first-order chi connectivity index (χ1) is 17.8. The Kier molecular flexibility index (Phi) is 7.22. The minimum Gasteiger partial charge on any atom is -0.497 e. The molecule has 8 heteroatoms. The van der Waals surface area contributed by atoms with E-state index < -0.39 is 11.0 Å². The lowest BCUT2D eigenvalue weighted by Gasteiger charge is -2.60. The van der Waals surface area contributed by atoms with Crippen molar-refractivity contribution < 1.29 is 19.1 Å². The van der Waals surface area contributed by atoms with Gasteiger partial charge < -0.3 is 14.8 Å². The number of rotatable bonds is 7. The number of nitrogens with zero attached hydrogens (tertiary/aromatic N) is 1. The molecule has 0 saturated carbocycles. The van der Waals surface area contributed by atoms with Gasteiger partial charge in [0.15, 0.2) is 0 Å². The summed E-state index contributed by atoms with van der Waals surface area (Å²) in [4.78, 5) is 23.4. The summed E-state index contributed by atoms with van der Waals surface area (Å²) in [6.07, 6.45) is 1.68. The third-order valence-electron chi connectivity index (χ3n) is 8.39. The van der Waals surface area contributed by atoms with Gasteiger partial charge in [-0.2, -0.15) is 4.33 Å². The molecule has 2 aliphatic rings. The van der Waals surface area contributed by atoms with Crippen molar-refractivity contribution in [2.24, 2.45) is 0 Å². The van der Waals surface area contributed by atoms with Crippen LogP contribution in [-0.2, 0) is 34.0 Å². The lowest BCUT2D eigenvalue weighted by molar-refractivity contribution is -0.160. The van der Waals surface area contributed by atoms with Gasteiger partial charge in [-0.3, -0.25) is 9.69 Å². The Morgan fingerprint density at radius 2 is 1.92 bits per heavy atom. The molecule has 1 fully saturated rings. The summed E-state index contributed by atoms with van der Waals surface area (Å²) in [5.74, 6) is 0.763. The largest absolute Gasteiger partial charge is 0.497 e. The number of H-pyrrole nitrogens is 1. The van der Waals surface area contributed by atoms with Crippen LogP contribution in [-0.4, -0.2) is 47.4 Å². The van der Waals surface area contributed by atoms with E-state index in [1.807, 2.05) is 18.2 Å². The maximum atomic E-state index is 12.9. The van der Waals surface area contributed by atoms with Gasteiger partial charge in [0.05, 0.1) is 31.9 Å². The monoisotopic (exact) mass is 522 g/mol. The average molecular weight is 523 g/mol. The van der Waals surface area contributed by atoms with Crippen LogP contribution in [0.15, 0.2) is 64.3 Å². The molecule has 1 saturated heterocycles. The minimum absolute atomic E-state index is 0.140. The van der Waals surface area contributed by atoms with Crippen molar-refractivity contribution in [3.05, 3.63) is 92.9 Å². The number of aromatic nitrogens is 1. The highest BCUT2D eigenvalue weighted by Crippen LogP contribution is 2.53. The lowest BCUT2D eigenvalue weighted by atomic mass is 9.53. The molecule has 3 aromatic rings. The third-order valence-corrected chi connectivity index (χ3v) is 9.08. The molecule has 37 heavy (non-hydrogen) atoms. The van der Waals surface area contributed by atoms with Crippen molar-refractivity contribution in [3.63, 3.8) is 0 Å². The molecule has 2 N–H and O–H groups in total. The molecule has 196 valence electrons. The molecule has 5 rings (SSSR count). The summed E-state index contributed by atoms with van der Waals surface area (Å²) in [5, 5.41) is 12.8. The third kappa shape index (κ3) is 4.51. The van der Waals surface area contributed by atoms with E-state index in [4.69, 9.17) is 9.07 Å². The normalized spacial score (nSPS) is 25.4. The first-order valence-electron chi connectivity index (χ1n) is 12.6. The van der Waals surface area contributed by atoms with Gasteiger partial charge in [-0.05, 0) is 67.3 Å². The summed E-state index contributed by atoms with van der Waals surface area (Å²) in [6, 6.07) is 18.2. The second kappa shape index (κ2) is 10.3. The summed E-state index contributed by atoms with van der Waals surface area (Å²) in [5.41, 5.74) is 3.29. The zero-order valence-corrected chi connectivity index (χ0v) is 22.6. The van der Waals surface area contributed by atoms with Gasteiger partial charge in [-0.1, -0.05) is 36.4 Å².